The molecule has 0 aliphatic heterocycles. The third-order valence-corrected chi connectivity index (χ3v) is 4.96. The number of hydrogen-bond acceptors (Lipinski definition) is 1. The quantitative estimate of drug-likeness (QED) is 0.611. The summed E-state index contributed by atoms with van der Waals surface area (Å²) in [7, 11) is 0. The van der Waals surface area contributed by atoms with Gasteiger partial charge in [-0.05, 0) is 47.0 Å². The number of alkyl halides is 4. The molecule has 1 rings (SSSR count). The average molecular weight is 373 g/mol. The van der Waals surface area contributed by atoms with E-state index in [0.717, 1.165) is 25.0 Å². The van der Waals surface area contributed by atoms with E-state index in [1.165, 1.54) is 6.07 Å². The molecule has 0 radical (unpaired) electrons. The lowest BCUT2D eigenvalue weighted by Crippen LogP contribution is -2.30. The lowest BCUT2D eigenvalue weighted by atomic mass is 9.84. The summed E-state index contributed by atoms with van der Waals surface area (Å²) in [4.78, 5) is 0. The van der Waals surface area contributed by atoms with E-state index in [9.17, 15) is 13.2 Å². The van der Waals surface area contributed by atoms with E-state index in [0.29, 0.717) is 22.6 Å². The van der Waals surface area contributed by atoms with E-state index in [1.807, 2.05) is 0 Å². The van der Waals surface area contributed by atoms with Crippen molar-refractivity contribution in [3.8, 4) is 0 Å². The Morgan fingerprint density at radius 3 is 2.20 bits per heavy atom. The molecule has 1 aromatic carbocycles. The highest BCUT2D eigenvalue weighted by atomic mass is 79.9. The topological polar surface area (TPSA) is 12.0 Å². The van der Waals surface area contributed by atoms with E-state index < -0.39 is 11.7 Å². The predicted molar refractivity (Wildman–Crippen MR) is 81.4 cm³/mol. The highest BCUT2D eigenvalue weighted by molar-refractivity contribution is 9.10. The second-order valence-electron chi connectivity index (χ2n) is 4.89. The van der Waals surface area contributed by atoms with Gasteiger partial charge in [-0.3, -0.25) is 0 Å². The molecule has 0 bridgehead atoms. The van der Waals surface area contributed by atoms with Crippen LogP contribution < -0.4 is 5.32 Å². The number of rotatable bonds is 6. The van der Waals surface area contributed by atoms with E-state index in [4.69, 9.17) is 11.6 Å². The lowest BCUT2D eigenvalue weighted by molar-refractivity contribution is -0.137. The number of benzene rings is 1. The van der Waals surface area contributed by atoms with E-state index in [2.05, 4.69) is 35.1 Å². The lowest BCUT2D eigenvalue weighted by Gasteiger charge is -2.30. The monoisotopic (exact) mass is 371 g/mol. The smallest absolute Gasteiger partial charge is 0.384 e. The Bertz CT molecular complexity index is 436. The van der Waals surface area contributed by atoms with Crippen molar-refractivity contribution in [1.82, 2.24) is 0 Å². The van der Waals surface area contributed by atoms with Gasteiger partial charge in [0.25, 0.3) is 0 Å². The molecule has 1 N–H and O–H groups in total. The summed E-state index contributed by atoms with van der Waals surface area (Å²) < 4.78 is 38.1. The van der Waals surface area contributed by atoms with Gasteiger partial charge in [-0.25, -0.2) is 0 Å². The van der Waals surface area contributed by atoms with Crippen molar-refractivity contribution in [3.05, 3.63) is 28.2 Å². The Morgan fingerprint density at radius 2 is 1.80 bits per heavy atom. The predicted octanol–water partition coefficient (Wildman–Crippen LogP) is 5.93. The first-order valence-electron chi connectivity index (χ1n) is 6.44. The van der Waals surface area contributed by atoms with Crippen molar-refractivity contribution in [2.24, 2.45) is 5.41 Å². The van der Waals surface area contributed by atoms with Crippen LogP contribution in [0.4, 0.5) is 18.9 Å². The molecular formula is C14H18BrClF3N. The van der Waals surface area contributed by atoms with Crippen molar-refractivity contribution in [1.29, 1.82) is 0 Å². The maximum atomic E-state index is 12.6. The second kappa shape index (κ2) is 7.03. The van der Waals surface area contributed by atoms with Crippen LogP contribution >= 0.6 is 27.5 Å². The molecule has 0 saturated heterocycles. The van der Waals surface area contributed by atoms with Crippen molar-refractivity contribution in [3.63, 3.8) is 0 Å². The number of halogens is 5. The van der Waals surface area contributed by atoms with Crippen LogP contribution in [0.3, 0.4) is 0 Å². The summed E-state index contributed by atoms with van der Waals surface area (Å²) in [6.45, 7) is 4.76. The molecule has 0 fully saturated rings. The minimum absolute atomic E-state index is 0.0380. The Morgan fingerprint density at radius 1 is 1.20 bits per heavy atom. The van der Waals surface area contributed by atoms with Crippen LogP contribution in [0.1, 0.15) is 32.3 Å². The van der Waals surface area contributed by atoms with E-state index in [-0.39, 0.29) is 5.41 Å². The summed E-state index contributed by atoms with van der Waals surface area (Å²) in [6.07, 6.45) is -2.50. The molecular weight excluding hydrogens is 355 g/mol. The molecule has 20 heavy (non-hydrogen) atoms. The first kappa shape index (κ1) is 17.6. The maximum absolute atomic E-state index is 12.6. The molecule has 0 amide bonds. The van der Waals surface area contributed by atoms with Gasteiger partial charge in [0, 0.05) is 28.0 Å². The SMILES string of the molecule is CCC(CC)(CCl)CNc1ccc(C(F)(F)F)cc1Br. The minimum Gasteiger partial charge on any atom is -0.384 e. The fraction of sp³-hybridized carbons (Fsp3) is 0.571. The molecule has 0 aliphatic carbocycles. The normalized spacial score (nSPS) is 12.6. The molecule has 0 spiro atoms. The molecule has 114 valence electrons. The first-order valence-corrected chi connectivity index (χ1v) is 7.77. The van der Waals surface area contributed by atoms with Gasteiger partial charge in [0.1, 0.15) is 0 Å². The van der Waals surface area contributed by atoms with Crippen molar-refractivity contribution < 1.29 is 13.2 Å². The van der Waals surface area contributed by atoms with Crippen LogP contribution in [0.25, 0.3) is 0 Å². The molecule has 0 unspecified atom stereocenters. The minimum atomic E-state index is -4.33. The van der Waals surface area contributed by atoms with Crippen molar-refractivity contribution >= 4 is 33.2 Å². The third kappa shape index (κ3) is 4.29. The van der Waals surface area contributed by atoms with Gasteiger partial charge in [-0.15, -0.1) is 11.6 Å². The molecule has 0 saturated carbocycles. The first-order chi connectivity index (χ1) is 9.28. The maximum Gasteiger partial charge on any atom is 0.416 e. The standard InChI is InChI=1S/C14H18BrClF3N/c1-3-13(4-2,8-16)9-20-12-6-5-10(7-11(12)15)14(17,18)19/h5-7,20H,3-4,8-9H2,1-2H3. The van der Waals surface area contributed by atoms with Crippen LogP contribution in [0.15, 0.2) is 22.7 Å². The fourth-order valence-corrected chi connectivity index (χ4v) is 2.85. The average Bonchev–Trinajstić information content (AvgIpc) is 2.41. The summed E-state index contributed by atoms with van der Waals surface area (Å²) in [5.41, 5.74) is -0.0529. The highest BCUT2D eigenvalue weighted by Gasteiger charge is 2.31. The van der Waals surface area contributed by atoms with Crippen LogP contribution in [0.2, 0.25) is 0 Å². The number of nitrogens with one attached hydrogen (secondary N) is 1. The summed E-state index contributed by atoms with van der Waals surface area (Å²) in [6, 6.07) is 3.60. The van der Waals surface area contributed by atoms with Gasteiger partial charge < -0.3 is 5.32 Å². The van der Waals surface area contributed by atoms with E-state index in [1.54, 1.807) is 0 Å². The summed E-state index contributed by atoms with van der Waals surface area (Å²) >= 11 is 9.19. The zero-order chi connectivity index (χ0) is 15.4. The van der Waals surface area contributed by atoms with Crippen molar-refractivity contribution in [2.45, 2.75) is 32.9 Å². The second-order valence-corrected chi connectivity index (χ2v) is 6.01. The largest absolute Gasteiger partial charge is 0.416 e. The number of hydrogen-bond donors (Lipinski definition) is 1. The van der Waals surface area contributed by atoms with E-state index >= 15 is 0 Å². The van der Waals surface area contributed by atoms with Crippen LogP contribution in [0.5, 0.6) is 0 Å². The van der Waals surface area contributed by atoms with Crippen LogP contribution in [-0.2, 0) is 6.18 Å². The van der Waals surface area contributed by atoms with Gasteiger partial charge in [0.2, 0.25) is 0 Å². The van der Waals surface area contributed by atoms with Gasteiger partial charge in [-0.1, -0.05) is 13.8 Å². The Labute approximate surface area is 131 Å². The molecule has 1 aromatic rings. The Balaban J connectivity index is 2.84. The third-order valence-electron chi connectivity index (χ3n) is 3.73. The molecule has 1 nitrogen and oxygen atoms in total. The highest BCUT2D eigenvalue weighted by Crippen LogP contribution is 2.35. The van der Waals surface area contributed by atoms with Gasteiger partial charge in [0.15, 0.2) is 0 Å². The van der Waals surface area contributed by atoms with Crippen LogP contribution in [-0.4, -0.2) is 12.4 Å². The van der Waals surface area contributed by atoms with Crippen molar-refractivity contribution in [2.75, 3.05) is 17.7 Å². The molecule has 0 aromatic heterocycles. The van der Waals surface area contributed by atoms with Gasteiger partial charge in [-0.2, -0.15) is 13.2 Å². The zero-order valence-corrected chi connectivity index (χ0v) is 13.8. The molecule has 6 heteroatoms. The molecule has 0 aliphatic rings. The summed E-state index contributed by atoms with van der Waals surface area (Å²) in [5.74, 6) is 0.519. The Kier molecular flexibility index (Phi) is 6.20. The number of anilines is 1. The summed E-state index contributed by atoms with van der Waals surface area (Å²) in [5, 5.41) is 3.19. The Hall–Kier alpha value is -0.420. The van der Waals surface area contributed by atoms with Gasteiger partial charge >= 0.3 is 6.18 Å². The van der Waals surface area contributed by atoms with Crippen LogP contribution in [0, 0.1) is 5.41 Å². The molecule has 0 atom stereocenters. The van der Waals surface area contributed by atoms with Gasteiger partial charge in [0.05, 0.1) is 5.56 Å². The fourth-order valence-electron chi connectivity index (χ4n) is 1.85. The molecule has 0 heterocycles. The zero-order valence-electron chi connectivity index (χ0n) is 11.5.